The normalized spacial score (nSPS) is 20.1. The zero-order chi connectivity index (χ0) is 19.7. The molecule has 1 aromatic carbocycles. The van der Waals surface area contributed by atoms with E-state index >= 15 is 0 Å². The maximum atomic E-state index is 12.4. The van der Waals surface area contributed by atoms with Crippen LogP contribution >= 0.6 is 15.9 Å². The molecule has 27 heavy (non-hydrogen) atoms. The molecule has 2 heterocycles. The van der Waals surface area contributed by atoms with Crippen LogP contribution in [0, 0.1) is 0 Å². The minimum atomic E-state index is -0.435. The van der Waals surface area contributed by atoms with Gasteiger partial charge < -0.3 is 9.64 Å². The van der Waals surface area contributed by atoms with Gasteiger partial charge >= 0.3 is 6.09 Å². The summed E-state index contributed by atoms with van der Waals surface area (Å²) >= 11 is 3.61. The van der Waals surface area contributed by atoms with Crippen molar-refractivity contribution < 1.29 is 9.53 Å². The Hall–Kier alpha value is -1.33. The van der Waals surface area contributed by atoms with Crippen LogP contribution in [-0.4, -0.2) is 46.7 Å². The van der Waals surface area contributed by atoms with Crippen molar-refractivity contribution in [3.8, 4) is 0 Å². The fourth-order valence-corrected chi connectivity index (χ4v) is 4.90. The lowest BCUT2D eigenvalue weighted by Gasteiger charge is -2.45. The highest BCUT2D eigenvalue weighted by molar-refractivity contribution is 9.10. The lowest BCUT2D eigenvalue weighted by molar-refractivity contribution is 0.00164. The summed E-state index contributed by atoms with van der Waals surface area (Å²) in [4.78, 5) is 16.9. The lowest BCUT2D eigenvalue weighted by Crippen LogP contribution is -2.53. The molecule has 2 saturated heterocycles. The van der Waals surface area contributed by atoms with Crippen LogP contribution in [0.3, 0.4) is 0 Å². The van der Waals surface area contributed by atoms with E-state index in [-0.39, 0.29) is 11.6 Å². The Labute approximate surface area is 171 Å². The molecule has 0 unspecified atom stereocenters. The number of nitrogens with zero attached hydrogens (tertiary/aromatic N) is 2. The number of likely N-dealkylation sites (tertiary alicyclic amines) is 2. The number of rotatable bonds is 3. The summed E-state index contributed by atoms with van der Waals surface area (Å²) in [6, 6.07) is 6.52. The molecule has 0 aliphatic carbocycles. The standard InChI is InChI=1S/C22H31BrN2O2/c1-5-17-13-18(15-19(23)14-17)16-25-10-6-7-22(25)8-11-24(12-9-22)20(26)27-21(2,3)4/h5,13-15H,1,6-12,16H2,2-4H3. The van der Waals surface area contributed by atoms with Crippen molar-refractivity contribution in [1.29, 1.82) is 0 Å². The minimum Gasteiger partial charge on any atom is -0.444 e. The Balaban J connectivity index is 1.66. The highest BCUT2D eigenvalue weighted by Gasteiger charge is 2.44. The Kier molecular flexibility index (Phi) is 6.02. The molecule has 1 spiro atoms. The van der Waals surface area contributed by atoms with E-state index in [1.54, 1.807) is 0 Å². The summed E-state index contributed by atoms with van der Waals surface area (Å²) in [5, 5.41) is 0. The maximum Gasteiger partial charge on any atom is 0.410 e. The van der Waals surface area contributed by atoms with Gasteiger partial charge in [-0.1, -0.05) is 34.7 Å². The van der Waals surface area contributed by atoms with Crippen molar-refractivity contribution >= 4 is 28.1 Å². The Morgan fingerprint density at radius 3 is 2.56 bits per heavy atom. The van der Waals surface area contributed by atoms with Gasteiger partial charge in [-0.05, 0) is 76.3 Å². The number of ether oxygens (including phenoxy) is 1. The first-order valence-electron chi connectivity index (χ1n) is 9.86. The van der Waals surface area contributed by atoms with Gasteiger partial charge in [-0.25, -0.2) is 4.79 Å². The average molecular weight is 435 g/mol. The number of amides is 1. The topological polar surface area (TPSA) is 32.8 Å². The van der Waals surface area contributed by atoms with Crippen LogP contribution in [0.2, 0.25) is 0 Å². The van der Waals surface area contributed by atoms with Crippen molar-refractivity contribution in [3.05, 3.63) is 40.4 Å². The molecular formula is C22H31BrN2O2. The molecule has 0 aromatic heterocycles. The van der Waals surface area contributed by atoms with Gasteiger partial charge in [-0.3, -0.25) is 4.90 Å². The van der Waals surface area contributed by atoms with Crippen LogP contribution in [0.15, 0.2) is 29.3 Å². The number of hydrogen-bond acceptors (Lipinski definition) is 3. The summed E-state index contributed by atoms with van der Waals surface area (Å²) < 4.78 is 6.65. The van der Waals surface area contributed by atoms with Crippen molar-refractivity contribution in [2.45, 2.75) is 64.1 Å². The molecular weight excluding hydrogens is 404 g/mol. The lowest BCUT2D eigenvalue weighted by atomic mass is 9.85. The molecule has 4 nitrogen and oxygen atoms in total. The van der Waals surface area contributed by atoms with Crippen LogP contribution in [0.25, 0.3) is 6.08 Å². The van der Waals surface area contributed by atoms with Gasteiger partial charge in [0.2, 0.25) is 0 Å². The largest absolute Gasteiger partial charge is 0.444 e. The smallest absolute Gasteiger partial charge is 0.410 e. The molecule has 2 aliphatic rings. The third kappa shape index (κ3) is 4.94. The van der Waals surface area contributed by atoms with Gasteiger partial charge in [-0.15, -0.1) is 0 Å². The first-order valence-corrected chi connectivity index (χ1v) is 10.6. The summed E-state index contributed by atoms with van der Waals surface area (Å²) in [7, 11) is 0. The van der Waals surface area contributed by atoms with Crippen molar-refractivity contribution in [2.24, 2.45) is 0 Å². The predicted octanol–water partition coefficient (Wildman–Crippen LogP) is 5.46. The second kappa shape index (κ2) is 7.96. The number of halogens is 1. The minimum absolute atomic E-state index is 0.176. The zero-order valence-corrected chi connectivity index (χ0v) is 18.3. The molecule has 0 atom stereocenters. The van der Waals surface area contributed by atoms with Gasteiger partial charge in [0, 0.05) is 29.6 Å². The first-order chi connectivity index (χ1) is 12.7. The van der Waals surface area contributed by atoms with Gasteiger partial charge in [-0.2, -0.15) is 0 Å². The molecule has 5 heteroatoms. The van der Waals surface area contributed by atoms with Crippen LogP contribution in [0.1, 0.15) is 57.6 Å². The molecule has 3 rings (SSSR count). The van der Waals surface area contributed by atoms with Gasteiger partial charge in [0.05, 0.1) is 0 Å². The van der Waals surface area contributed by atoms with Crippen molar-refractivity contribution in [1.82, 2.24) is 9.80 Å². The highest BCUT2D eigenvalue weighted by Crippen LogP contribution is 2.39. The van der Waals surface area contributed by atoms with Crippen LogP contribution in [-0.2, 0) is 11.3 Å². The maximum absolute atomic E-state index is 12.4. The Morgan fingerprint density at radius 2 is 1.93 bits per heavy atom. The third-order valence-corrected chi connectivity index (χ3v) is 6.13. The Morgan fingerprint density at radius 1 is 1.22 bits per heavy atom. The highest BCUT2D eigenvalue weighted by atomic mass is 79.9. The molecule has 1 aromatic rings. The van der Waals surface area contributed by atoms with Crippen molar-refractivity contribution in [3.63, 3.8) is 0 Å². The average Bonchev–Trinajstić information content (AvgIpc) is 2.95. The molecule has 0 radical (unpaired) electrons. The van der Waals surface area contributed by atoms with E-state index in [1.165, 1.54) is 18.4 Å². The third-order valence-electron chi connectivity index (χ3n) is 5.68. The van der Waals surface area contributed by atoms with E-state index in [0.29, 0.717) is 0 Å². The molecule has 0 saturated carbocycles. The second-order valence-electron chi connectivity index (χ2n) is 8.81. The van der Waals surface area contributed by atoms with E-state index in [0.717, 1.165) is 49.1 Å². The fraction of sp³-hybridized carbons (Fsp3) is 0.591. The number of hydrogen-bond donors (Lipinski definition) is 0. The summed E-state index contributed by atoms with van der Waals surface area (Å²) in [5.74, 6) is 0. The molecule has 2 aliphatic heterocycles. The number of piperidine rings is 1. The van der Waals surface area contributed by atoms with Gasteiger partial charge in [0.25, 0.3) is 0 Å². The number of benzene rings is 1. The quantitative estimate of drug-likeness (QED) is 0.632. The zero-order valence-electron chi connectivity index (χ0n) is 16.8. The molecule has 148 valence electrons. The predicted molar refractivity (Wildman–Crippen MR) is 114 cm³/mol. The Bertz CT molecular complexity index is 703. The van der Waals surface area contributed by atoms with E-state index in [4.69, 9.17) is 4.74 Å². The SMILES string of the molecule is C=Cc1cc(Br)cc(CN2CCCC23CCN(C(=O)OC(C)(C)C)CC3)c1. The number of carbonyl (C=O) groups excluding carboxylic acids is 1. The van der Waals surface area contributed by atoms with Crippen LogP contribution in [0.5, 0.6) is 0 Å². The van der Waals surface area contributed by atoms with Crippen LogP contribution in [0.4, 0.5) is 4.79 Å². The molecule has 0 N–H and O–H groups in total. The van der Waals surface area contributed by atoms with Crippen LogP contribution < -0.4 is 0 Å². The second-order valence-corrected chi connectivity index (χ2v) is 9.73. The fourth-order valence-electron chi connectivity index (χ4n) is 4.34. The van der Waals surface area contributed by atoms with Crippen molar-refractivity contribution in [2.75, 3.05) is 19.6 Å². The van der Waals surface area contributed by atoms with Gasteiger partial charge in [0.1, 0.15) is 5.60 Å². The summed E-state index contributed by atoms with van der Waals surface area (Å²) in [6.07, 6.45) is 6.22. The summed E-state index contributed by atoms with van der Waals surface area (Å²) in [5.41, 5.74) is 2.24. The van der Waals surface area contributed by atoms with E-state index in [2.05, 4.69) is 45.6 Å². The van der Waals surface area contributed by atoms with E-state index in [9.17, 15) is 4.79 Å². The number of carbonyl (C=O) groups is 1. The molecule has 2 fully saturated rings. The molecule has 1 amide bonds. The van der Waals surface area contributed by atoms with E-state index in [1.807, 2.05) is 31.7 Å². The van der Waals surface area contributed by atoms with E-state index < -0.39 is 5.60 Å². The monoisotopic (exact) mass is 434 g/mol. The van der Waals surface area contributed by atoms with Gasteiger partial charge in [0.15, 0.2) is 0 Å². The first kappa shape index (κ1) is 20.4. The molecule has 0 bridgehead atoms. The summed E-state index contributed by atoms with van der Waals surface area (Å²) in [6.45, 7) is 13.3.